The zero-order valence-corrected chi connectivity index (χ0v) is 13.1. The van der Waals surface area contributed by atoms with Crippen LogP contribution in [-0.4, -0.2) is 16.5 Å². The summed E-state index contributed by atoms with van der Waals surface area (Å²) in [6.07, 6.45) is 15.4. The van der Waals surface area contributed by atoms with Gasteiger partial charge in [0.25, 0.3) is 0 Å². The van der Waals surface area contributed by atoms with Crippen molar-refractivity contribution in [2.45, 2.75) is 64.6 Å². The molecule has 2 heteroatoms. The molecule has 21 heavy (non-hydrogen) atoms. The summed E-state index contributed by atoms with van der Waals surface area (Å²) in [5.41, 5.74) is 1.71. The van der Waals surface area contributed by atoms with Crippen LogP contribution in [0.25, 0.3) is 0 Å². The Morgan fingerprint density at radius 3 is 2.86 bits per heavy atom. The normalized spacial score (nSPS) is 48.6. The average Bonchev–Trinajstić information content (AvgIpc) is 2.92. The maximum absolute atomic E-state index is 10.1. The summed E-state index contributed by atoms with van der Waals surface area (Å²) in [4.78, 5) is 0. The maximum atomic E-state index is 10.1. The predicted octanol–water partition coefficient (Wildman–Crippen LogP) is 3.80. The van der Waals surface area contributed by atoms with Gasteiger partial charge in [0.1, 0.15) is 0 Å². The molecule has 4 aliphatic carbocycles. The average molecular weight is 288 g/mol. The maximum Gasteiger partial charge on any atom is 0.157 e. The summed E-state index contributed by atoms with van der Waals surface area (Å²) in [5.74, 6) is 1.88. The molecule has 116 valence electrons. The van der Waals surface area contributed by atoms with Crippen molar-refractivity contribution in [3.8, 4) is 0 Å². The highest BCUT2D eigenvalue weighted by molar-refractivity contribution is 5.31. The molecular formula is C19H28O2. The van der Waals surface area contributed by atoms with Gasteiger partial charge in [0.05, 0.1) is 0 Å². The number of rotatable bonds is 1. The Bertz CT molecular complexity index is 492. The van der Waals surface area contributed by atoms with Crippen molar-refractivity contribution in [3.63, 3.8) is 0 Å². The fourth-order valence-electron chi connectivity index (χ4n) is 6.42. The molecule has 0 aliphatic heterocycles. The second kappa shape index (κ2) is 4.70. The SMILES string of the molecule is C[C@]12C=CCCC1=CC[C@H]1[C@@H]3CCC[C@@]3(C(O)O)CC[C@@H]12. The van der Waals surface area contributed by atoms with E-state index in [2.05, 4.69) is 25.2 Å². The van der Waals surface area contributed by atoms with Gasteiger partial charge in [-0.25, -0.2) is 0 Å². The van der Waals surface area contributed by atoms with Gasteiger partial charge in [0, 0.05) is 10.8 Å². The Labute approximate surface area is 127 Å². The molecule has 2 nitrogen and oxygen atoms in total. The highest BCUT2D eigenvalue weighted by atomic mass is 16.5. The van der Waals surface area contributed by atoms with Gasteiger partial charge in [-0.15, -0.1) is 0 Å². The minimum Gasteiger partial charge on any atom is -0.368 e. The molecule has 0 bridgehead atoms. The van der Waals surface area contributed by atoms with Crippen LogP contribution in [0.1, 0.15) is 58.3 Å². The second-order valence-corrected chi connectivity index (χ2v) is 8.10. The Hall–Kier alpha value is -0.600. The topological polar surface area (TPSA) is 40.5 Å². The van der Waals surface area contributed by atoms with Crippen molar-refractivity contribution in [2.24, 2.45) is 28.6 Å². The van der Waals surface area contributed by atoms with Crippen molar-refractivity contribution in [3.05, 3.63) is 23.8 Å². The van der Waals surface area contributed by atoms with Crippen molar-refractivity contribution >= 4 is 0 Å². The van der Waals surface area contributed by atoms with E-state index in [1.807, 2.05) is 0 Å². The van der Waals surface area contributed by atoms with Gasteiger partial charge in [-0.2, -0.15) is 0 Å². The third kappa shape index (κ3) is 1.78. The van der Waals surface area contributed by atoms with Crippen LogP contribution in [0, 0.1) is 28.6 Å². The first-order chi connectivity index (χ1) is 10.1. The molecule has 0 heterocycles. The lowest BCUT2D eigenvalue weighted by Gasteiger charge is -2.56. The van der Waals surface area contributed by atoms with E-state index in [4.69, 9.17) is 0 Å². The van der Waals surface area contributed by atoms with E-state index in [-0.39, 0.29) is 10.8 Å². The van der Waals surface area contributed by atoms with Crippen LogP contribution in [0.2, 0.25) is 0 Å². The van der Waals surface area contributed by atoms with Crippen LogP contribution < -0.4 is 0 Å². The van der Waals surface area contributed by atoms with Crippen LogP contribution in [0.4, 0.5) is 0 Å². The lowest BCUT2D eigenvalue weighted by Crippen LogP contribution is -2.51. The van der Waals surface area contributed by atoms with Crippen molar-refractivity contribution in [1.29, 1.82) is 0 Å². The van der Waals surface area contributed by atoms with Gasteiger partial charge in [0.15, 0.2) is 6.29 Å². The summed E-state index contributed by atoms with van der Waals surface area (Å²) in [6, 6.07) is 0. The summed E-state index contributed by atoms with van der Waals surface area (Å²) < 4.78 is 0. The minimum atomic E-state index is -1.12. The van der Waals surface area contributed by atoms with E-state index in [1.165, 1.54) is 32.1 Å². The fourth-order valence-corrected chi connectivity index (χ4v) is 6.42. The second-order valence-electron chi connectivity index (χ2n) is 8.10. The van der Waals surface area contributed by atoms with Gasteiger partial charge in [-0.1, -0.05) is 37.1 Å². The smallest absolute Gasteiger partial charge is 0.157 e. The van der Waals surface area contributed by atoms with Crippen molar-refractivity contribution in [2.75, 3.05) is 0 Å². The Balaban J connectivity index is 1.72. The highest BCUT2D eigenvalue weighted by Gasteiger charge is 2.58. The van der Waals surface area contributed by atoms with E-state index in [0.29, 0.717) is 17.8 Å². The lowest BCUT2D eigenvalue weighted by molar-refractivity contribution is -0.184. The van der Waals surface area contributed by atoms with Crippen LogP contribution in [-0.2, 0) is 0 Å². The van der Waals surface area contributed by atoms with Gasteiger partial charge in [-0.3, -0.25) is 0 Å². The number of fused-ring (bicyclic) bond motifs is 5. The largest absolute Gasteiger partial charge is 0.368 e. The molecule has 0 saturated heterocycles. The predicted molar refractivity (Wildman–Crippen MR) is 83.4 cm³/mol. The molecule has 0 aromatic heterocycles. The molecule has 4 aliphatic rings. The molecular weight excluding hydrogens is 260 g/mol. The summed E-state index contributed by atoms with van der Waals surface area (Å²) >= 11 is 0. The van der Waals surface area contributed by atoms with Crippen molar-refractivity contribution in [1.82, 2.24) is 0 Å². The van der Waals surface area contributed by atoms with Crippen LogP contribution in [0.3, 0.4) is 0 Å². The fraction of sp³-hybridized carbons (Fsp3) is 0.789. The van der Waals surface area contributed by atoms with E-state index >= 15 is 0 Å². The molecule has 0 unspecified atom stereocenters. The number of allylic oxidation sites excluding steroid dienone is 4. The zero-order chi connectivity index (χ0) is 14.7. The molecule has 5 atom stereocenters. The molecule has 0 amide bonds. The molecule has 0 radical (unpaired) electrons. The number of aliphatic hydroxyl groups is 2. The molecule has 0 aromatic rings. The van der Waals surface area contributed by atoms with E-state index < -0.39 is 6.29 Å². The van der Waals surface area contributed by atoms with E-state index in [9.17, 15) is 10.2 Å². The Morgan fingerprint density at radius 2 is 2.05 bits per heavy atom. The number of hydrogen-bond acceptors (Lipinski definition) is 2. The first kappa shape index (κ1) is 14.0. The molecule has 4 rings (SSSR count). The van der Waals surface area contributed by atoms with Crippen molar-refractivity contribution < 1.29 is 10.2 Å². The standard InChI is InChI=1S/C19H28O2/c1-18-10-3-2-5-13(18)7-8-14-15(18)9-12-19(17(20)21)11-4-6-16(14)19/h3,7,10,14-17,20-21H,2,4-6,8-9,11-12H2,1H3/t14-,15+,16+,18+,19-/m1/s1. The molecule has 0 aromatic carbocycles. The third-order valence-electron chi connectivity index (χ3n) is 7.51. The first-order valence-electron chi connectivity index (χ1n) is 8.81. The summed E-state index contributed by atoms with van der Waals surface area (Å²) in [7, 11) is 0. The summed E-state index contributed by atoms with van der Waals surface area (Å²) in [5, 5.41) is 20.1. The van der Waals surface area contributed by atoms with Gasteiger partial charge in [-0.05, 0) is 62.7 Å². The molecule has 0 spiro atoms. The molecule has 2 fully saturated rings. The van der Waals surface area contributed by atoms with Crippen LogP contribution in [0.15, 0.2) is 23.8 Å². The third-order valence-corrected chi connectivity index (χ3v) is 7.51. The first-order valence-corrected chi connectivity index (χ1v) is 8.81. The minimum absolute atomic E-state index is 0.193. The lowest BCUT2D eigenvalue weighted by atomic mass is 9.49. The van der Waals surface area contributed by atoms with E-state index in [0.717, 1.165) is 19.3 Å². The summed E-state index contributed by atoms with van der Waals surface area (Å²) in [6.45, 7) is 2.43. The van der Waals surface area contributed by atoms with E-state index in [1.54, 1.807) is 5.57 Å². The Morgan fingerprint density at radius 1 is 1.19 bits per heavy atom. The van der Waals surface area contributed by atoms with Gasteiger partial charge < -0.3 is 10.2 Å². The monoisotopic (exact) mass is 288 g/mol. The number of hydrogen-bond donors (Lipinski definition) is 2. The van der Waals surface area contributed by atoms with Crippen LogP contribution in [0.5, 0.6) is 0 Å². The van der Waals surface area contributed by atoms with Gasteiger partial charge >= 0.3 is 0 Å². The van der Waals surface area contributed by atoms with Gasteiger partial charge in [0.2, 0.25) is 0 Å². The Kier molecular flexibility index (Phi) is 3.14. The molecule has 2 saturated carbocycles. The zero-order valence-electron chi connectivity index (χ0n) is 13.1. The highest BCUT2D eigenvalue weighted by Crippen LogP contribution is 2.64. The number of aliphatic hydroxyl groups excluding tert-OH is 1. The van der Waals surface area contributed by atoms with Crippen LogP contribution >= 0.6 is 0 Å². The molecule has 2 N–H and O–H groups in total. The quantitative estimate of drug-likeness (QED) is 0.569.